The summed E-state index contributed by atoms with van der Waals surface area (Å²) in [7, 11) is 2.06. The second-order valence-electron chi connectivity index (χ2n) is 5.62. The molecule has 1 N–H and O–H groups in total. The first-order chi connectivity index (χ1) is 10.1. The van der Waals surface area contributed by atoms with E-state index in [1.54, 1.807) is 0 Å². The van der Waals surface area contributed by atoms with Crippen molar-refractivity contribution in [3.05, 3.63) is 59.6 Å². The topological polar surface area (TPSA) is 19.0 Å². The van der Waals surface area contributed by atoms with Crippen molar-refractivity contribution in [2.75, 3.05) is 7.05 Å². The molecule has 0 aliphatic carbocycles. The summed E-state index contributed by atoms with van der Waals surface area (Å²) in [5.74, 6) is 0. The fourth-order valence-corrected chi connectivity index (χ4v) is 2.79. The molecular weight excluding hydrogens is 256 g/mol. The summed E-state index contributed by atoms with van der Waals surface area (Å²) < 4.78 is 0. The van der Waals surface area contributed by atoms with Crippen LogP contribution in [0.2, 0.25) is 0 Å². The molecule has 0 saturated heterocycles. The van der Waals surface area contributed by atoms with Gasteiger partial charge in [0.15, 0.2) is 0 Å². The van der Waals surface area contributed by atoms with Crippen molar-refractivity contribution in [2.45, 2.75) is 40.0 Å². The van der Waals surface area contributed by atoms with Crippen LogP contribution in [-0.4, -0.2) is 16.9 Å². The predicted molar refractivity (Wildman–Crippen MR) is 92.6 cm³/mol. The van der Waals surface area contributed by atoms with Gasteiger partial charge < -0.3 is 9.88 Å². The molecule has 2 heteroatoms. The van der Waals surface area contributed by atoms with E-state index < -0.39 is 0 Å². The van der Waals surface area contributed by atoms with E-state index >= 15 is 0 Å². The van der Waals surface area contributed by atoms with E-state index in [9.17, 15) is 0 Å². The Morgan fingerprint density at radius 2 is 2.19 bits per heavy atom. The van der Waals surface area contributed by atoms with Crippen LogP contribution in [0.25, 0.3) is 11.3 Å². The van der Waals surface area contributed by atoms with Crippen LogP contribution < -0.4 is 0 Å². The number of aromatic amines is 1. The van der Waals surface area contributed by atoms with Crippen LogP contribution in [-0.2, 0) is 0 Å². The summed E-state index contributed by atoms with van der Waals surface area (Å²) in [5, 5.41) is 0. The highest BCUT2D eigenvalue weighted by molar-refractivity contribution is 5.89. The summed E-state index contributed by atoms with van der Waals surface area (Å²) >= 11 is 0. The smallest absolute Gasteiger partial charge is 0.0695 e. The SMILES string of the molecule is C=C1c2[nH]ccc2C(/C(C)=C(/C=C\C)CCCC)=CN1C. The van der Waals surface area contributed by atoms with E-state index in [4.69, 9.17) is 0 Å². The second kappa shape index (κ2) is 6.66. The molecule has 1 aliphatic heterocycles. The molecule has 0 aromatic carbocycles. The molecule has 0 bridgehead atoms. The van der Waals surface area contributed by atoms with Crippen LogP contribution in [0.3, 0.4) is 0 Å². The minimum atomic E-state index is 1.02. The number of aromatic nitrogens is 1. The Labute approximate surface area is 128 Å². The Morgan fingerprint density at radius 3 is 2.86 bits per heavy atom. The molecule has 112 valence electrons. The van der Waals surface area contributed by atoms with Crippen LogP contribution in [0, 0.1) is 0 Å². The number of nitrogens with one attached hydrogen (secondary N) is 1. The van der Waals surface area contributed by atoms with Gasteiger partial charge in [0.05, 0.1) is 11.4 Å². The van der Waals surface area contributed by atoms with E-state index in [2.05, 4.69) is 68.7 Å². The molecule has 2 rings (SSSR count). The van der Waals surface area contributed by atoms with Gasteiger partial charge in [0, 0.05) is 30.6 Å². The summed E-state index contributed by atoms with van der Waals surface area (Å²) in [4.78, 5) is 5.42. The molecule has 1 aromatic rings. The highest BCUT2D eigenvalue weighted by atomic mass is 15.1. The van der Waals surface area contributed by atoms with Crippen LogP contribution in [0.4, 0.5) is 0 Å². The lowest BCUT2D eigenvalue weighted by atomic mass is 9.91. The van der Waals surface area contributed by atoms with Gasteiger partial charge in [-0.05, 0) is 43.9 Å². The lowest BCUT2D eigenvalue weighted by Gasteiger charge is -2.26. The Hall–Kier alpha value is -1.96. The quantitative estimate of drug-likeness (QED) is 0.721. The molecule has 2 nitrogen and oxygen atoms in total. The fraction of sp³-hybridized carbons (Fsp3) is 0.368. The lowest BCUT2D eigenvalue weighted by Crippen LogP contribution is -2.15. The maximum atomic E-state index is 4.15. The summed E-state index contributed by atoms with van der Waals surface area (Å²) in [6, 6.07) is 2.15. The minimum absolute atomic E-state index is 1.02. The molecule has 2 heterocycles. The number of allylic oxidation sites excluding steroid dienone is 5. The summed E-state index contributed by atoms with van der Waals surface area (Å²) in [6.07, 6.45) is 12.2. The third kappa shape index (κ3) is 3.05. The third-order valence-corrected chi connectivity index (χ3v) is 4.13. The minimum Gasteiger partial charge on any atom is -0.359 e. The first-order valence-corrected chi connectivity index (χ1v) is 7.74. The monoisotopic (exact) mass is 282 g/mol. The van der Waals surface area contributed by atoms with E-state index in [0.717, 1.165) is 17.8 Å². The number of fused-ring (bicyclic) bond motifs is 1. The van der Waals surface area contributed by atoms with Crippen molar-refractivity contribution in [1.29, 1.82) is 0 Å². The number of unbranched alkanes of at least 4 members (excludes halogenated alkanes) is 1. The lowest BCUT2D eigenvalue weighted by molar-refractivity contribution is 0.649. The van der Waals surface area contributed by atoms with Crippen molar-refractivity contribution in [3.8, 4) is 0 Å². The van der Waals surface area contributed by atoms with Gasteiger partial charge in [-0.25, -0.2) is 0 Å². The van der Waals surface area contributed by atoms with Crippen LogP contribution in [0.1, 0.15) is 51.3 Å². The largest absolute Gasteiger partial charge is 0.359 e. The molecule has 0 spiro atoms. The van der Waals surface area contributed by atoms with Crippen LogP contribution in [0.5, 0.6) is 0 Å². The maximum Gasteiger partial charge on any atom is 0.0695 e. The van der Waals surface area contributed by atoms with Crippen LogP contribution >= 0.6 is 0 Å². The van der Waals surface area contributed by atoms with E-state index in [0.29, 0.717) is 0 Å². The Kier molecular flexibility index (Phi) is 4.89. The zero-order valence-corrected chi connectivity index (χ0v) is 13.7. The van der Waals surface area contributed by atoms with E-state index in [1.165, 1.54) is 35.1 Å². The Bertz CT molecular complexity index is 611. The summed E-state index contributed by atoms with van der Waals surface area (Å²) in [6.45, 7) is 10.7. The molecule has 0 amide bonds. The van der Waals surface area contributed by atoms with Gasteiger partial charge in [-0.2, -0.15) is 0 Å². The molecule has 0 saturated carbocycles. The van der Waals surface area contributed by atoms with Gasteiger partial charge in [-0.3, -0.25) is 0 Å². The first kappa shape index (κ1) is 15.4. The zero-order chi connectivity index (χ0) is 15.4. The Morgan fingerprint density at radius 1 is 1.43 bits per heavy atom. The van der Waals surface area contributed by atoms with Gasteiger partial charge in [-0.15, -0.1) is 0 Å². The van der Waals surface area contributed by atoms with Crippen molar-refractivity contribution in [3.63, 3.8) is 0 Å². The molecule has 1 aromatic heterocycles. The highest BCUT2D eigenvalue weighted by Crippen LogP contribution is 2.37. The molecule has 1 aliphatic rings. The predicted octanol–water partition coefficient (Wildman–Crippen LogP) is 5.35. The van der Waals surface area contributed by atoms with Gasteiger partial charge in [-0.1, -0.05) is 32.1 Å². The van der Waals surface area contributed by atoms with Gasteiger partial charge in [0.1, 0.15) is 0 Å². The normalized spacial score (nSPS) is 16.1. The fourth-order valence-electron chi connectivity index (χ4n) is 2.79. The second-order valence-corrected chi connectivity index (χ2v) is 5.62. The average Bonchev–Trinajstić information content (AvgIpc) is 2.96. The summed E-state index contributed by atoms with van der Waals surface area (Å²) in [5.41, 5.74) is 7.50. The highest BCUT2D eigenvalue weighted by Gasteiger charge is 2.21. The molecular formula is C19H26N2. The van der Waals surface area contributed by atoms with E-state index in [1.807, 2.05) is 6.20 Å². The maximum absolute atomic E-state index is 4.15. The number of hydrogen-bond acceptors (Lipinski definition) is 1. The third-order valence-electron chi connectivity index (χ3n) is 4.13. The van der Waals surface area contributed by atoms with Crippen molar-refractivity contribution < 1.29 is 0 Å². The zero-order valence-electron chi connectivity index (χ0n) is 13.7. The molecule has 0 atom stereocenters. The number of rotatable bonds is 5. The molecule has 21 heavy (non-hydrogen) atoms. The number of H-pyrrole nitrogens is 1. The van der Waals surface area contributed by atoms with E-state index in [-0.39, 0.29) is 0 Å². The van der Waals surface area contributed by atoms with Gasteiger partial charge >= 0.3 is 0 Å². The number of hydrogen-bond donors (Lipinski definition) is 1. The van der Waals surface area contributed by atoms with Crippen molar-refractivity contribution >= 4 is 11.3 Å². The Balaban J connectivity index is 2.48. The first-order valence-electron chi connectivity index (χ1n) is 7.74. The number of nitrogens with zero attached hydrogens (tertiary/aromatic N) is 1. The molecule has 0 fully saturated rings. The van der Waals surface area contributed by atoms with Gasteiger partial charge in [0.25, 0.3) is 0 Å². The average molecular weight is 282 g/mol. The van der Waals surface area contributed by atoms with Crippen molar-refractivity contribution in [2.24, 2.45) is 0 Å². The molecule has 0 radical (unpaired) electrons. The molecule has 0 unspecified atom stereocenters. The van der Waals surface area contributed by atoms with Crippen molar-refractivity contribution in [1.82, 2.24) is 9.88 Å². The standard InChI is InChI=1S/C19H26N2/c1-6-8-10-16(9-7-2)14(3)18-13-21(5)15(4)19-17(18)11-12-20-19/h7,9,11-13,20H,4,6,8,10H2,1-3,5H3/b9-7-,16-14-. The van der Waals surface area contributed by atoms with Gasteiger partial charge in [0.2, 0.25) is 0 Å². The van der Waals surface area contributed by atoms with Crippen LogP contribution in [0.15, 0.2) is 48.3 Å².